The lowest BCUT2D eigenvalue weighted by Crippen LogP contribution is -2.33. The summed E-state index contributed by atoms with van der Waals surface area (Å²) in [7, 11) is 0. The molecule has 0 aliphatic heterocycles. The van der Waals surface area contributed by atoms with Crippen LogP contribution >= 0.6 is 11.8 Å². The monoisotopic (exact) mass is 239 g/mol. The Morgan fingerprint density at radius 2 is 1.88 bits per heavy atom. The molecule has 0 bridgehead atoms. The first-order valence-electron chi connectivity index (χ1n) is 5.52. The van der Waals surface area contributed by atoms with Crippen molar-refractivity contribution < 1.29 is 5.11 Å². The smallest absolute Gasteiger partial charge is 0.115 e. The van der Waals surface area contributed by atoms with Gasteiger partial charge >= 0.3 is 0 Å². The van der Waals surface area contributed by atoms with E-state index < -0.39 is 0 Å². The van der Waals surface area contributed by atoms with Gasteiger partial charge in [-0.2, -0.15) is 11.8 Å². The molecule has 90 valence electrons. The van der Waals surface area contributed by atoms with Crippen molar-refractivity contribution in [1.82, 2.24) is 5.32 Å². The minimum atomic E-state index is 0.255. The van der Waals surface area contributed by atoms with E-state index in [2.05, 4.69) is 32.3 Å². The predicted molar refractivity (Wildman–Crippen MR) is 72.1 cm³/mol. The van der Waals surface area contributed by atoms with Gasteiger partial charge in [-0.1, -0.05) is 12.1 Å². The van der Waals surface area contributed by atoms with Gasteiger partial charge in [-0.25, -0.2) is 0 Å². The lowest BCUT2D eigenvalue weighted by Gasteiger charge is -2.25. The number of thioether (sulfide) groups is 1. The highest BCUT2D eigenvalue weighted by atomic mass is 32.2. The quantitative estimate of drug-likeness (QED) is 0.827. The lowest BCUT2D eigenvalue weighted by atomic mass is 10.1. The molecule has 1 aromatic rings. The van der Waals surface area contributed by atoms with E-state index >= 15 is 0 Å². The van der Waals surface area contributed by atoms with Gasteiger partial charge in [-0.05, 0) is 44.7 Å². The van der Waals surface area contributed by atoms with Crippen LogP contribution in [0.1, 0.15) is 32.4 Å². The van der Waals surface area contributed by atoms with Crippen LogP contribution in [0.3, 0.4) is 0 Å². The van der Waals surface area contributed by atoms with Gasteiger partial charge in [0.15, 0.2) is 0 Å². The van der Waals surface area contributed by atoms with Crippen molar-refractivity contribution in [3.63, 3.8) is 0 Å². The van der Waals surface area contributed by atoms with E-state index in [0.717, 1.165) is 6.54 Å². The molecule has 0 aliphatic rings. The standard InChI is InChI=1S/C13H21NOS/c1-10(14-9-13(2,3)16-4)11-5-7-12(15)8-6-11/h5-8,10,14-15H,9H2,1-4H3. The van der Waals surface area contributed by atoms with Gasteiger partial charge < -0.3 is 10.4 Å². The van der Waals surface area contributed by atoms with Crippen LogP contribution in [0.5, 0.6) is 5.75 Å². The summed E-state index contributed by atoms with van der Waals surface area (Å²) in [5.41, 5.74) is 1.20. The van der Waals surface area contributed by atoms with Crippen LogP contribution in [0.4, 0.5) is 0 Å². The van der Waals surface area contributed by atoms with E-state index in [4.69, 9.17) is 0 Å². The molecule has 3 heteroatoms. The fourth-order valence-corrected chi connectivity index (χ4v) is 1.58. The molecule has 0 aliphatic carbocycles. The van der Waals surface area contributed by atoms with Crippen molar-refractivity contribution in [2.75, 3.05) is 12.8 Å². The fourth-order valence-electron chi connectivity index (χ4n) is 1.35. The summed E-state index contributed by atoms with van der Waals surface area (Å²) < 4.78 is 0.255. The molecule has 0 fully saturated rings. The number of nitrogens with one attached hydrogen (secondary N) is 1. The molecule has 0 saturated carbocycles. The van der Waals surface area contributed by atoms with Crippen LogP contribution in [0.25, 0.3) is 0 Å². The molecule has 1 atom stereocenters. The number of phenols is 1. The van der Waals surface area contributed by atoms with Gasteiger partial charge in [0, 0.05) is 17.3 Å². The molecule has 2 nitrogen and oxygen atoms in total. The minimum absolute atomic E-state index is 0.255. The summed E-state index contributed by atoms with van der Waals surface area (Å²) in [5, 5.41) is 12.7. The largest absolute Gasteiger partial charge is 0.508 e. The topological polar surface area (TPSA) is 32.3 Å². The second-order valence-corrected chi connectivity index (χ2v) is 6.17. The SMILES string of the molecule is CSC(C)(C)CNC(C)c1ccc(O)cc1. The van der Waals surface area contributed by atoms with Crippen molar-refractivity contribution in [2.45, 2.75) is 31.6 Å². The van der Waals surface area contributed by atoms with Crippen LogP contribution in [0, 0.1) is 0 Å². The zero-order chi connectivity index (χ0) is 12.2. The first kappa shape index (κ1) is 13.4. The van der Waals surface area contributed by atoms with E-state index in [1.165, 1.54) is 5.56 Å². The Morgan fingerprint density at radius 3 is 2.38 bits per heavy atom. The Kier molecular flexibility index (Phi) is 4.69. The third kappa shape index (κ3) is 4.06. The maximum atomic E-state index is 9.21. The van der Waals surface area contributed by atoms with Crippen LogP contribution in [-0.4, -0.2) is 22.7 Å². The maximum absolute atomic E-state index is 9.21. The third-order valence-electron chi connectivity index (χ3n) is 2.78. The predicted octanol–water partition coefficient (Wildman–Crippen LogP) is 3.18. The number of phenolic OH excluding ortho intramolecular Hbond substituents is 1. The maximum Gasteiger partial charge on any atom is 0.115 e. The first-order valence-corrected chi connectivity index (χ1v) is 6.74. The Labute approximate surface area is 102 Å². The number of hydrogen-bond donors (Lipinski definition) is 2. The molecule has 2 N–H and O–H groups in total. The molecular formula is C13H21NOS. The van der Waals surface area contributed by atoms with Gasteiger partial charge in [-0.15, -0.1) is 0 Å². The first-order chi connectivity index (χ1) is 7.44. The number of hydrogen-bond acceptors (Lipinski definition) is 3. The van der Waals surface area contributed by atoms with Gasteiger partial charge in [-0.3, -0.25) is 0 Å². The van der Waals surface area contributed by atoms with Crippen LogP contribution < -0.4 is 5.32 Å². The Morgan fingerprint density at radius 1 is 1.31 bits per heavy atom. The van der Waals surface area contributed by atoms with Crippen molar-refractivity contribution in [2.24, 2.45) is 0 Å². The number of aromatic hydroxyl groups is 1. The van der Waals surface area contributed by atoms with E-state index in [1.54, 1.807) is 12.1 Å². The van der Waals surface area contributed by atoms with E-state index in [-0.39, 0.29) is 4.75 Å². The van der Waals surface area contributed by atoms with E-state index in [1.807, 2.05) is 23.9 Å². The normalized spacial score (nSPS) is 13.8. The van der Waals surface area contributed by atoms with Crippen LogP contribution in [0.2, 0.25) is 0 Å². The van der Waals surface area contributed by atoms with Gasteiger partial charge in [0.05, 0.1) is 0 Å². The molecule has 0 spiro atoms. The third-order valence-corrected chi connectivity index (χ3v) is 4.03. The van der Waals surface area contributed by atoms with Gasteiger partial charge in [0.2, 0.25) is 0 Å². The average Bonchev–Trinajstić information content (AvgIpc) is 2.27. The van der Waals surface area contributed by atoms with Gasteiger partial charge in [0.1, 0.15) is 5.75 Å². The number of rotatable bonds is 5. The Balaban J connectivity index is 2.53. The molecule has 1 rings (SSSR count). The highest BCUT2D eigenvalue weighted by Crippen LogP contribution is 2.22. The van der Waals surface area contributed by atoms with Crippen molar-refractivity contribution in [3.8, 4) is 5.75 Å². The fraction of sp³-hybridized carbons (Fsp3) is 0.538. The molecule has 16 heavy (non-hydrogen) atoms. The summed E-state index contributed by atoms with van der Waals surface area (Å²) >= 11 is 1.86. The summed E-state index contributed by atoms with van der Waals surface area (Å²) in [6.45, 7) is 7.57. The molecule has 0 amide bonds. The Hall–Kier alpha value is -0.670. The summed E-state index contributed by atoms with van der Waals surface area (Å²) in [6, 6.07) is 7.69. The summed E-state index contributed by atoms with van der Waals surface area (Å²) in [6.07, 6.45) is 2.13. The van der Waals surface area contributed by atoms with Crippen molar-refractivity contribution in [3.05, 3.63) is 29.8 Å². The molecular weight excluding hydrogens is 218 g/mol. The minimum Gasteiger partial charge on any atom is -0.508 e. The highest BCUT2D eigenvalue weighted by molar-refractivity contribution is 7.99. The van der Waals surface area contributed by atoms with Gasteiger partial charge in [0.25, 0.3) is 0 Å². The molecule has 0 radical (unpaired) electrons. The molecule has 0 aromatic heterocycles. The second kappa shape index (κ2) is 5.60. The molecule has 1 aromatic carbocycles. The molecule has 0 saturated heterocycles. The lowest BCUT2D eigenvalue weighted by molar-refractivity contribution is 0.474. The molecule has 1 unspecified atom stereocenters. The second-order valence-electron chi connectivity index (χ2n) is 4.66. The van der Waals surface area contributed by atoms with Crippen LogP contribution in [-0.2, 0) is 0 Å². The number of benzene rings is 1. The Bertz CT molecular complexity index is 321. The van der Waals surface area contributed by atoms with E-state index in [0.29, 0.717) is 11.8 Å². The summed E-state index contributed by atoms with van der Waals surface area (Å²) in [5.74, 6) is 0.320. The van der Waals surface area contributed by atoms with E-state index in [9.17, 15) is 5.11 Å². The van der Waals surface area contributed by atoms with Crippen LogP contribution in [0.15, 0.2) is 24.3 Å². The zero-order valence-corrected chi connectivity index (χ0v) is 11.3. The van der Waals surface area contributed by atoms with Crippen molar-refractivity contribution in [1.29, 1.82) is 0 Å². The summed E-state index contributed by atoms with van der Waals surface area (Å²) in [4.78, 5) is 0. The van der Waals surface area contributed by atoms with Crippen molar-refractivity contribution >= 4 is 11.8 Å². The zero-order valence-electron chi connectivity index (χ0n) is 10.4. The average molecular weight is 239 g/mol. The molecule has 0 heterocycles. The highest BCUT2D eigenvalue weighted by Gasteiger charge is 2.16.